The van der Waals surface area contributed by atoms with Gasteiger partial charge in [0.15, 0.2) is 0 Å². The van der Waals surface area contributed by atoms with Crippen LogP contribution in [0.2, 0.25) is 0 Å². The zero-order valence-corrected chi connectivity index (χ0v) is 13.0. The standard InChI is InChI=1S/C17H22N4/c1-4-16(5-2)21-11-10-15(19-21)13-20(3)17-9-7-6-8-14(17)12-18/h6-11,16H,4-5,13H2,1-3H3. The maximum atomic E-state index is 9.18. The molecule has 0 saturated heterocycles. The molecule has 0 fully saturated rings. The van der Waals surface area contributed by atoms with Gasteiger partial charge in [0.1, 0.15) is 6.07 Å². The van der Waals surface area contributed by atoms with Crippen molar-refractivity contribution >= 4 is 5.69 Å². The number of hydrogen-bond donors (Lipinski definition) is 0. The third kappa shape index (κ3) is 3.43. The summed E-state index contributed by atoms with van der Waals surface area (Å²) in [5.41, 5.74) is 2.66. The van der Waals surface area contributed by atoms with Crippen molar-refractivity contribution in [2.75, 3.05) is 11.9 Å². The summed E-state index contributed by atoms with van der Waals surface area (Å²) in [6.45, 7) is 5.07. The van der Waals surface area contributed by atoms with E-state index in [0.717, 1.165) is 24.2 Å². The van der Waals surface area contributed by atoms with E-state index >= 15 is 0 Å². The molecule has 1 aromatic carbocycles. The van der Waals surface area contributed by atoms with Gasteiger partial charge in [0.05, 0.1) is 29.5 Å². The molecule has 1 aromatic heterocycles. The smallest absolute Gasteiger partial charge is 0.101 e. The van der Waals surface area contributed by atoms with E-state index in [1.54, 1.807) is 0 Å². The fourth-order valence-corrected chi connectivity index (χ4v) is 2.56. The summed E-state index contributed by atoms with van der Waals surface area (Å²) in [4.78, 5) is 2.07. The van der Waals surface area contributed by atoms with Crippen molar-refractivity contribution < 1.29 is 0 Å². The third-order valence-corrected chi connectivity index (χ3v) is 3.82. The Morgan fingerprint density at radius 1 is 1.24 bits per heavy atom. The van der Waals surface area contributed by atoms with Crippen molar-refractivity contribution in [3.8, 4) is 6.07 Å². The van der Waals surface area contributed by atoms with E-state index in [4.69, 9.17) is 0 Å². The van der Waals surface area contributed by atoms with Crippen molar-refractivity contribution in [3.63, 3.8) is 0 Å². The van der Waals surface area contributed by atoms with Gasteiger partial charge in [-0.05, 0) is 31.0 Å². The SMILES string of the molecule is CCC(CC)n1ccc(CN(C)c2ccccc2C#N)n1. The first-order valence-corrected chi connectivity index (χ1v) is 7.43. The van der Waals surface area contributed by atoms with Gasteiger partial charge in [-0.2, -0.15) is 10.4 Å². The minimum atomic E-state index is 0.468. The largest absolute Gasteiger partial charge is 0.368 e. The molecule has 0 saturated carbocycles. The summed E-state index contributed by atoms with van der Waals surface area (Å²) in [6.07, 6.45) is 4.23. The lowest BCUT2D eigenvalue weighted by atomic mass is 10.2. The maximum Gasteiger partial charge on any atom is 0.101 e. The summed E-state index contributed by atoms with van der Waals surface area (Å²) >= 11 is 0. The van der Waals surface area contributed by atoms with Crippen molar-refractivity contribution in [3.05, 3.63) is 47.8 Å². The molecule has 2 aromatic rings. The lowest BCUT2D eigenvalue weighted by Gasteiger charge is -2.19. The van der Waals surface area contributed by atoms with Crippen LogP contribution in [0.3, 0.4) is 0 Å². The summed E-state index contributed by atoms with van der Waals surface area (Å²) in [6, 6.07) is 12.4. The van der Waals surface area contributed by atoms with Gasteiger partial charge >= 0.3 is 0 Å². The van der Waals surface area contributed by atoms with E-state index in [-0.39, 0.29) is 0 Å². The van der Waals surface area contributed by atoms with Gasteiger partial charge in [-0.1, -0.05) is 26.0 Å². The first-order chi connectivity index (χ1) is 10.2. The van der Waals surface area contributed by atoms with Gasteiger partial charge in [0, 0.05) is 13.2 Å². The topological polar surface area (TPSA) is 44.9 Å². The van der Waals surface area contributed by atoms with E-state index in [1.807, 2.05) is 31.3 Å². The predicted octanol–water partition coefficient (Wildman–Crippen LogP) is 3.75. The molecule has 0 amide bonds. The molecule has 0 aliphatic rings. The summed E-state index contributed by atoms with van der Waals surface area (Å²) in [5, 5.41) is 13.8. The number of benzene rings is 1. The van der Waals surface area contributed by atoms with Crippen molar-refractivity contribution in [1.82, 2.24) is 9.78 Å². The molecule has 1 heterocycles. The molecule has 2 rings (SSSR count). The molecule has 0 bridgehead atoms. The average Bonchev–Trinajstić information content (AvgIpc) is 2.96. The van der Waals surface area contributed by atoms with Crippen LogP contribution in [0.25, 0.3) is 0 Å². The minimum Gasteiger partial charge on any atom is -0.368 e. The second-order valence-corrected chi connectivity index (χ2v) is 5.24. The quantitative estimate of drug-likeness (QED) is 0.810. The molecule has 0 aliphatic heterocycles. The maximum absolute atomic E-state index is 9.18. The first-order valence-electron chi connectivity index (χ1n) is 7.43. The Morgan fingerprint density at radius 2 is 1.95 bits per heavy atom. The van der Waals surface area contributed by atoms with Crippen molar-refractivity contribution in [1.29, 1.82) is 5.26 Å². The zero-order valence-electron chi connectivity index (χ0n) is 13.0. The Hall–Kier alpha value is -2.28. The van der Waals surface area contributed by atoms with Crippen LogP contribution in [-0.2, 0) is 6.54 Å². The first kappa shape index (κ1) is 15.1. The van der Waals surface area contributed by atoms with Gasteiger partial charge < -0.3 is 4.90 Å². The van der Waals surface area contributed by atoms with Gasteiger partial charge in [-0.3, -0.25) is 4.68 Å². The Labute approximate surface area is 126 Å². The Kier molecular flexibility index (Phi) is 4.99. The van der Waals surface area contributed by atoms with Crippen LogP contribution in [0.4, 0.5) is 5.69 Å². The van der Waals surface area contributed by atoms with Crippen LogP contribution < -0.4 is 4.90 Å². The lowest BCUT2D eigenvalue weighted by Crippen LogP contribution is -2.18. The van der Waals surface area contributed by atoms with Gasteiger partial charge in [0.2, 0.25) is 0 Å². The molecule has 0 radical (unpaired) electrons. The molecule has 0 aliphatic carbocycles. The Bertz CT molecular complexity index is 620. The molecule has 0 unspecified atom stereocenters. The van der Waals surface area contributed by atoms with Crippen LogP contribution >= 0.6 is 0 Å². The van der Waals surface area contributed by atoms with E-state index < -0.39 is 0 Å². The average molecular weight is 282 g/mol. The van der Waals surface area contributed by atoms with E-state index in [2.05, 4.69) is 46.9 Å². The molecule has 110 valence electrons. The molecular formula is C17H22N4. The Morgan fingerprint density at radius 3 is 2.62 bits per heavy atom. The molecule has 4 heteroatoms. The van der Waals surface area contributed by atoms with Crippen LogP contribution in [-0.4, -0.2) is 16.8 Å². The van der Waals surface area contributed by atoms with Crippen molar-refractivity contribution in [2.45, 2.75) is 39.3 Å². The summed E-state index contributed by atoms with van der Waals surface area (Å²) < 4.78 is 2.05. The number of anilines is 1. The highest BCUT2D eigenvalue weighted by molar-refractivity contribution is 5.58. The second-order valence-electron chi connectivity index (χ2n) is 5.24. The van der Waals surface area contributed by atoms with Gasteiger partial charge in [-0.15, -0.1) is 0 Å². The summed E-state index contributed by atoms with van der Waals surface area (Å²) in [5.74, 6) is 0. The van der Waals surface area contributed by atoms with Crippen LogP contribution in [0.1, 0.15) is 44.0 Å². The number of nitrogens with zero attached hydrogens (tertiary/aromatic N) is 4. The zero-order chi connectivity index (χ0) is 15.2. The molecule has 21 heavy (non-hydrogen) atoms. The molecular weight excluding hydrogens is 260 g/mol. The van der Waals surface area contributed by atoms with E-state index in [0.29, 0.717) is 18.2 Å². The van der Waals surface area contributed by atoms with Crippen LogP contribution in [0.5, 0.6) is 0 Å². The van der Waals surface area contributed by atoms with Crippen LogP contribution in [0.15, 0.2) is 36.5 Å². The lowest BCUT2D eigenvalue weighted by molar-refractivity contribution is 0.425. The highest BCUT2D eigenvalue weighted by Gasteiger charge is 2.11. The number of nitriles is 1. The predicted molar refractivity (Wildman–Crippen MR) is 85.1 cm³/mol. The van der Waals surface area contributed by atoms with Crippen molar-refractivity contribution in [2.24, 2.45) is 0 Å². The fourth-order valence-electron chi connectivity index (χ4n) is 2.56. The molecule has 0 spiro atoms. The highest BCUT2D eigenvalue weighted by Crippen LogP contribution is 2.20. The van der Waals surface area contributed by atoms with Gasteiger partial charge in [0.25, 0.3) is 0 Å². The highest BCUT2D eigenvalue weighted by atomic mass is 15.3. The number of para-hydroxylation sites is 1. The van der Waals surface area contributed by atoms with Crippen LogP contribution in [0, 0.1) is 11.3 Å². The molecule has 0 N–H and O–H groups in total. The molecule has 4 nitrogen and oxygen atoms in total. The minimum absolute atomic E-state index is 0.468. The number of aromatic nitrogens is 2. The normalized spacial score (nSPS) is 10.6. The third-order valence-electron chi connectivity index (χ3n) is 3.82. The molecule has 0 atom stereocenters. The fraction of sp³-hybridized carbons (Fsp3) is 0.412. The number of rotatable bonds is 6. The Balaban J connectivity index is 2.13. The van der Waals surface area contributed by atoms with E-state index in [1.165, 1.54) is 0 Å². The van der Waals surface area contributed by atoms with Gasteiger partial charge in [-0.25, -0.2) is 0 Å². The second kappa shape index (κ2) is 6.94. The summed E-state index contributed by atoms with van der Waals surface area (Å²) in [7, 11) is 1.99. The van der Waals surface area contributed by atoms with E-state index in [9.17, 15) is 5.26 Å². The monoisotopic (exact) mass is 282 g/mol. The number of hydrogen-bond acceptors (Lipinski definition) is 3.